The largest absolute Gasteiger partial charge is 0.321 e. The predicted octanol–water partition coefficient (Wildman–Crippen LogP) is 9.56. The van der Waals surface area contributed by atoms with Crippen LogP contribution in [0.15, 0.2) is 107 Å². The molecule has 0 spiro atoms. The first kappa shape index (κ1) is 33.5. The van der Waals surface area contributed by atoms with Gasteiger partial charge in [0, 0.05) is 42.7 Å². The molecule has 0 fully saturated rings. The number of thioether (sulfide) groups is 1. The van der Waals surface area contributed by atoms with Crippen molar-refractivity contribution in [3.8, 4) is 11.3 Å². The summed E-state index contributed by atoms with van der Waals surface area (Å²) in [5.41, 5.74) is 2.65. The van der Waals surface area contributed by atoms with Gasteiger partial charge in [-0.15, -0.1) is 23.1 Å². The Bertz CT molecular complexity index is 1910. The fourth-order valence-corrected chi connectivity index (χ4v) is 6.23. The molecule has 3 N–H and O–H groups in total. The first-order valence-electron chi connectivity index (χ1n) is 13.4. The second-order valence-corrected chi connectivity index (χ2v) is 13.0. The molecule has 0 bridgehead atoms. The average Bonchev–Trinajstić information content (AvgIpc) is 3.52. The fraction of sp³-hybridized carbons (Fsp3) is 0.0303. The van der Waals surface area contributed by atoms with Gasteiger partial charge in [-0.25, -0.2) is 4.98 Å². The number of nitrogens with one attached hydrogen (secondary N) is 3. The summed E-state index contributed by atoms with van der Waals surface area (Å²) in [5.74, 6) is -1.13. The van der Waals surface area contributed by atoms with Crippen LogP contribution in [-0.4, -0.2) is 28.5 Å². The molecule has 1 aromatic heterocycles. The molecule has 13 heteroatoms. The lowest BCUT2D eigenvalue weighted by Crippen LogP contribution is -2.30. The maximum Gasteiger partial charge on any atom is 0.272 e. The molecule has 0 unspecified atom stereocenters. The Labute approximate surface area is 292 Å². The van der Waals surface area contributed by atoms with Gasteiger partial charge in [-0.3, -0.25) is 14.4 Å². The standard InChI is InChI=1S/C33H22Cl4N4O3S2/c34-24-7-4-8-25(35)23(24)16-28(39-31(43)19-5-2-1-3-6-19)32(44)38-21-10-12-22(13-11-21)45-18-30(42)41-33-40-29(17-46-33)20-9-14-26(36)27(37)15-20/h1-17H,18H2,(H,38,44)(H,39,43)(H,40,41,42)/b28-16-. The molecular formula is C33H22Cl4N4O3S2. The molecule has 0 aliphatic carbocycles. The van der Waals surface area contributed by atoms with Crippen LogP contribution in [0.5, 0.6) is 0 Å². The van der Waals surface area contributed by atoms with Crippen LogP contribution in [0.3, 0.4) is 0 Å². The van der Waals surface area contributed by atoms with Gasteiger partial charge in [-0.2, -0.15) is 0 Å². The van der Waals surface area contributed by atoms with Crippen molar-refractivity contribution in [3.05, 3.63) is 133 Å². The third-order valence-corrected chi connectivity index (χ3v) is 9.43. The number of nitrogens with zero attached hydrogens (tertiary/aromatic N) is 1. The molecule has 1 heterocycles. The van der Waals surface area contributed by atoms with Gasteiger partial charge in [-0.1, -0.05) is 76.7 Å². The number of anilines is 2. The molecule has 4 aromatic carbocycles. The van der Waals surface area contributed by atoms with Crippen molar-refractivity contribution in [2.75, 3.05) is 16.4 Å². The highest BCUT2D eigenvalue weighted by atomic mass is 35.5. The first-order chi connectivity index (χ1) is 22.2. The predicted molar refractivity (Wildman–Crippen MR) is 190 cm³/mol. The van der Waals surface area contributed by atoms with Crippen molar-refractivity contribution < 1.29 is 14.4 Å². The zero-order valence-corrected chi connectivity index (χ0v) is 28.2. The van der Waals surface area contributed by atoms with Crippen LogP contribution in [-0.2, 0) is 9.59 Å². The average molecular weight is 729 g/mol. The van der Waals surface area contributed by atoms with E-state index in [4.69, 9.17) is 46.4 Å². The second kappa shape index (κ2) is 15.6. The normalized spacial score (nSPS) is 11.2. The van der Waals surface area contributed by atoms with Crippen molar-refractivity contribution in [2.45, 2.75) is 4.90 Å². The van der Waals surface area contributed by atoms with E-state index in [2.05, 4.69) is 20.9 Å². The van der Waals surface area contributed by atoms with Gasteiger partial charge in [0.25, 0.3) is 11.8 Å². The molecule has 0 aliphatic heterocycles. The first-order valence-corrected chi connectivity index (χ1v) is 16.8. The van der Waals surface area contributed by atoms with Crippen molar-refractivity contribution in [3.63, 3.8) is 0 Å². The lowest BCUT2D eigenvalue weighted by atomic mass is 10.1. The van der Waals surface area contributed by atoms with Gasteiger partial charge in [0.2, 0.25) is 5.91 Å². The number of carbonyl (C=O) groups is 3. The van der Waals surface area contributed by atoms with Crippen molar-refractivity contribution in [1.29, 1.82) is 0 Å². The van der Waals surface area contributed by atoms with Crippen molar-refractivity contribution in [1.82, 2.24) is 10.3 Å². The summed E-state index contributed by atoms with van der Waals surface area (Å²) in [5, 5.41) is 12.1. The van der Waals surface area contributed by atoms with Gasteiger partial charge >= 0.3 is 0 Å². The molecule has 3 amide bonds. The van der Waals surface area contributed by atoms with Gasteiger partial charge in [0.1, 0.15) is 5.70 Å². The van der Waals surface area contributed by atoms with Crippen molar-refractivity contribution in [2.24, 2.45) is 0 Å². The summed E-state index contributed by atoms with van der Waals surface area (Å²) in [6.07, 6.45) is 1.43. The maximum atomic E-state index is 13.3. The second-order valence-electron chi connectivity index (χ2n) is 9.50. The number of rotatable bonds is 10. The molecule has 0 saturated carbocycles. The zero-order chi connectivity index (χ0) is 32.6. The fourth-order valence-electron chi connectivity index (χ4n) is 3.99. The van der Waals surface area contributed by atoms with Gasteiger partial charge in [0.05, 0.1) is 21.5 Å². The third kappa shape index (κ3) is 8.91. The van der Waals surface area contributed by atoms with E-state index in [9.17, 15) is 14.4 Å². The Balaban J connectivity index is 1.20. The van der Waals surface area contributed by atoms with E-state index in [1.54, 1.807) is 84.9 Å². The molecule has 0 saturated heterocycles. The Morgan fingerprint density at radius 2 is 1.50 bits per heavy atom. The summed E-state index contributed by atoms with van der Waals surface area (Å²) >= 11 is 27.4. The zero-order valence-electron chi connectivity index (χ0n) is 23.5. The number of thiazole rings is 1. The maximum absolute atomic E-state index is 13.3. The number of hydrogen-bond acceptors (Lipinski definition) is 6. The Kier molecular flexibility index (Phi) is 11.4. The number of halogens is 4. The van der Waals surface area contributed by atoms with Gasteiger partial charge in [0.15, 0.2) is 5.13 Å². The molecule has 5 aromatic rings. The van der Waals surface area contributed by atoms with Crippen molar-refractivity contribution >= 4 is 104 Å². The molecular weight excluding hydrogens is 706 g/mol. The highest BCUT2D eigenvalue weighted by Crippen LogP contribution is 2.31. The summed E-state index contributed by atoms with van der Waals surface area (Å²) in [4.78, 5) is 44.1. The molecule has 0 aliphatic rings. The van der Waals surface area contributed by atoms with E-state index in [1.807, 2.05) is 11.4 Å². The SMILES string of the molecule is O=C(CSc1ccc(NC(=O)/C(=C/c2c(Cl)cccc2Cl)NC(=O)c2ccccc2)cc1)Nc1nc(-c2ccc(Cl)c(Cl)c2)cs1. The van der Waals surface area contributed by atoms with E-state index in [-0.39, 0.29) is 17.4 Å². The van der Waals surface area contributed by atoms with Gasteiger partial charge in [-0.05, 0) is 66.7 Å². The molecule has 46 heavy (non-hydrogen) atoms. The van der Waals surface area contributed by atoms with E-state index < -0.39 is 11.8 Å². The minimum absolute atomic E-state index is 0.0523. The highest BCUT2D eigenvalue weighted by molar-refractivity contribution is 8.00. The lowest BCUT2D eigenvalue weighted by molar-refractivity contribution is -0.114. The van der Waals surface area contributed by atoms with Crippen LogP contribution in [0.4, 0.5) is 10.8 Å². The number of hydrogen-bond donors (Lipinski definition) is 3. The summed E-state index contributed by atoms with van der Waals surface area (Å²) < 4.78 is 0. The Morgan fingerprint density at radius 3 is 2.20 bits per heavy atom. The Hall–Kier alpha value is -3.83. The quantitative estimate of drug-likeness (QED) is 0.0983. The van der Waals surface area contributed by atoms with Crippen LogP contribution in [0, 0.1) is 0 Å². The molecule has 0 atom stereocenters. The number of aromatic nitrogens is 1. The number of amides is 3. The summed E-state index contributed by atoms with van der Waals surface area (Å²) in [6.45, 7) is 0. The number of benzene rings is 4. The lowest BCUT2D eigenvalue weighted by Gasteiger charge is -2.13. The van der Waals surface area contributed by atoms with E-state index >= 15 is 0 Å². The van der Waals surface area contributed by atoms with Crippen LogP contribution in [0.25, 0.3) is 17.3 Å². The molecule has 232 valence electrons. The minimum Gasteiger partial charge on any atom is -0.321 e. The third-order valence-electron chi connectivity index (χ3n) is 6.27. The van der Waals surface area contributed by atoms with Crippen LogP contribution >= 0.6 is 69.5 Å². The summed E-state index contributed by atoms with van der Waals surface area (Å²) in [7, 11) is 0. The van der Waals surface area contributed by atoms with E-state index in [0.717, 1.165) is 10.5 Å². The van der Waals surface area contributed by atoms with Crippen LogP contribution < -0.4 is 16.0 Å². The van der Waals surface area contributed by atoms with E-state index in [0.29, 0.717) is 47.7 Å². The van der Waals surface area contributed by atoms with Crippen LogP contribution in [0.2, 0.25) is 20.1 Å². The topological polar surface area (TPSA) is 100 Å². The van der Waals surface area contributed by atoms with E-state index in [1.165, 1.54) is 29.2 Å². The molecule has 5 rings (SSSR count). The monoisotopic (exact) mass is 726 g/mol. The summed E-state index contributed by atoms with van der Waals surface area (Å²) in [6, 6.07) is 25.6. The highest BCUT2D eigenvalue weighted by Gasteiger charge is 2.17. The minimum atomic E-state index is -0.580. The molecule has 0 radical (unpaired) electrons. The number of carbonyl (C=O) groups excluding carboxylic acids is 3. The Morgan fingerprint density at radius 1 is 0.783 bits per heavy atom. The molecule has 7 nitrogen and oxygen atoms in total. The smallest absolute Gasteiger partial charge is 0.272 e. The van der Waals surface area contributed by atoms with Gasteiger partial charge < -0.3 is 16.0 Å². The van der Waals surface area contributed by atoms with Crippen LogP contribution in [0.1, 0.15) is 15.9 Å².